The highest BCUT2D eigenvalue weighted by molar-refractivity contribution is 5.76. The number of para-hydroxylation sites is 1. The van der Waals surface area contributed by atoms with Crippen molar-refractivity contribution >= 4 is 16.7 Å². The van der Waals surface area contributed by atoms with E-state index in [0.29, 0.717) is 5.69 Å². The predicted molar refractivity (Wildman–Crippen MR) is 60.8 cm³/mol. The normalized spacial score (nSPS) is 11.9. The second-order valence-electron chi connectivity index (χ2n) is 3.92. The molecule has 1 atom stereocenters. The maximum absolute atomic E-state index is 10.9. The number of carbonyl (C=O) groups excluding carboxylic acids is 1. The summed E-state index contributed by atoms with van der Waals surface area (Å²) in [6, 6.07) is 11.6. The monoisotopic (exact) mass is 251 g/mol. The molecule has 3 nitrogen and oxygen atoms in total. The number of ketones is 1. The van der Waals surface area contributed by atoms with Crippen LogP contribution in [0.4, 0.5) is 0 Å². The van der Waals surface area contributed by atoms with E-state index in [9.17, 15) is 9.90 Å². The van der Waals surface area contributed by atoms with Crippen LogP contribution >= 0.6 is 0 Å². The lowest BCUT2D eigenvalue weighted by molar-refractivity contribution is -0.368. The van der Waals surface area contributed by atoms with Gasteiger partial charge in [0.2, 0.25) is 11.2 Å². The van der Waals surface area contributed by atoms with E-state index in [1.54, 1.807) is 0 Å². The maximum Gasteiger partial charge on any atom is 0.211 e. The van der Waals surface area contributed by atoms with Crippen molar-refractivity contribution in [2.75, 3.05) is 0 Å². The van der Waals surface area contributed by atoms with Crippen molar-refractivity contribution in [3.63, 3.8) is 0 Å². The lowest BCUT2D eigenvalue weighted by Crippen LogP contribution is -3.00. The molecular weight excluding hydrogens is 238 g/mol. The standard InChI is InChI=1S/C13H13NO2.ClH/c1-9(15)8-13(16)12-7-6-10-4-2-3-5-11(10)14-12;/h2-7,13,16H,8H2,1H3;1H. The second kappa shape index (κ2) is 5.75. The number of aromatic nitrogens is 1. The molecule has 0 bridgehead atoms. The van der Waals surface area contributed by atoms with Gasteiger partial charge in [-0.15, -0.1) is 0 Å². The molecule has 1 aromatic carbocycles. The number of nitrogens with one attached hydrogen (secondary N) is 1. The Bertz CT molecular complexity index is 528. The van der Waals surface area contributed by atoms with Crippen molar-refractivity contribution in [3.05, 3.63) is 42.1 Å². The lowest BCUT2D eigenvalue weighted by atomic mass is 10.1. The molecule has 0 aliphatic heterocycles. The van der Waals surface area contributed by atoms with Gasteiger partial charge in [0.25, 0.3) is 0 Å². The van der Waals surface area contributed by atoms with E-state index in [-0.39, 0.29) is 24.6 Å². The third kappa shape index (κ3) is 3.25. The number of rotatable bonds is 3. The molecule has 90 valence electrons. The highest BCUT2D eigenvalue weighted by atomic mass is 35.5. The topological polar surface area (TPSA) is 51.4 Å². The first-order valence-corrected chi connectivity index (χ1v) is 5.25. The van der Waals surface area contributed by atoms with Gasteiger partial charge in [-0.05, 0) is 19.1 Å². The number of Topliss-reactive ketones (excluding diaryl/α,β-unsaturated/α-hetero) is 1. The fourth-order valence-corrected chi connectivity index (χ4v) is 1.71. The Morgan fingerprint density at radius 1 is 1.29 bits per heavy atom. The number of aliphatic hydroxyl groups excluding tert-OH is 1. The van der Waals surface area contributed by atoms with E-state index in [1.165, 1.54) is 6.92 Å². The number of carbonyl (C=O) groups is 1. The van der Waals surface area contributed by atoms with Crippen LogP contribution in [0.25, 0.3) is 10.9 Å². The molecule has 0 radical (unpaired) electrons. The zero-order chi connectivity index (χ0) is 11.5. The Kier molecular flexibility index (Phi) is 4.61. The Balaban J connectivity index is 0.00000144. The number of hydrogen-bond donors (Lipinski definition) is 1. The molecule has 2 N–H and O–H groups in total. The van der Waals surface area contributed by atoms with Gasteiger partial charge < -0.3 is 17.5 Å². The summed E-state index contributed by atoms with van der Waals surface area (Å²) < 4.78 is 0. The molecule has 17 heavy (non-hydrogen) atoms. The molecule has 0 saturated carbocycles. The van der Waals surface area contributed by atoms with Crippen LogP contribution in [0, 0.1) is 0 Å². The minimum absolute atomic E-state index is 0. The molecule has 0 amide bonds. The molecule has 0 aliphatic carbocycles. The Morgan fingerprint density at radius 2 is 2.00 bits per heavy atom. The summed E-state index contributed by atoms with van der Waals surface area (Å²) >= 11 is 0. The van der Waals surface area contributed by atoms with Crippen molar-refractivity contribution in [2.45, 2.75) is 19.4 Å². The molecule has 0 fully saturated rings. The average Bonchev–Trinajstić information content (AvgIpc) is 2.27. The van der Waals surface area contributed by atoms with E-state index in [0.717, 1.165) is 10.9 Å². The van der Waals surface area contributed by atoms with Crippen LogP contribution in [0.1, 0.15) is 25.1 Å². The minimum atomic E-state index is -0.748. The maximum atomic E-state index is 10.9. The van der Waals surface area contributed by atoms with E-state index in [4.69, 9.17) is 0 Å². The number of fused-ring (bicyclic) bond motifs is 1. The van der Waals surface area contributed by atoms with Gasteiger partial charge in [-0.1, -0.05) is 12.1 Å². The van der Waals surface area contributed by atoms with Gasteiger partial charge >= 0.3 is 0 Å². The Morgan fingerprint density at radius 3 is 2.71 bits per heavy atom. The van der Waals surface area contributed by atoms with Crippen LogP contribution < -0.4 is 17.4 Å². The molecule has 2 aromatic rings. The summed E-state index contributed by atoms with van der Waals surface area (Å²) in [6.45, 7) is 1.48. The van der Waals surface area contributed by atoms with E-state index in [1.807, 2.05) is 36.4 Å². The average molecular weight is 252 g/mol. The second-order valence-corrected chi connectivity index (χ2v) is 3.92. The zero-order valence-electron chi connectivity index (χ0n) is 9.48. The van der Waals surface area contributed by atoms with Crippen molar-refractivity contribution in [3.8, 4) is 0 Å². The van der Waals surface area contributed by atoms with Gasteiger partial charge in [-0.2, -0.15) is 0 Å². The fourth-order valence-electron chi connectivity index (χ4n) is 1.71. The summed E-state index contributed by atoms with van der Waals surface area (Å²) in [5, 5.41) is 10.9. The van der Waals surface area contributed by atoms with E-state index < -0.39 is 6.10 Å². The summed E-state index contributed by atoms with van der Waals surface area (Å²) in [6.07, 6.45) is -0.600. The van der Waals surface area contributed by atoms with Crippen LogP contribution in [-0.4, -0.2) is 10.9 Å². The number of H-pyrrole nitrogens is 1. The molecule has 1 aromatic heterocycles. The highest BCUT2D eigenvalue weighted by Crippen LogP contribution is 2.15. The molecule has 1 heterocycles. The Hall–Kier alpha value is -1.45. The summed E-state index contributed by atoms with van der Waals surface area (Å²) in [4.78, 5) is 14.0. The van der Waals surface area contributed by atoms with Crippen molar-refractivity contribution in [1.82, 2.24) is 0 Å². The van der Waals surface area contributed by atoms with E-state index in [2.05, 4.69) is 4.98 Å². The number of benzene rings is 1. The molecule has 0 aliphatic rings. The summed E-state index contributed by atoms with van der Waals surface area (Å²) in [5.41, 5.74) is 1.64. The first kappa shape index (κ1) is 13.6. The highest BCUT2D eigenvalue weighted by Gasteiger charge is 2.16. The van der Waals surface area contributed by atoms with Gasteiger partial charge in [0, 0.05) is 23.9 Å². The van der Waals surface area contributed by atoms with Crippen LogP contribution in [0.15, 0.2) is 36.4 Å². The van der Waals surface area contributed by atoms with Gasteiger partial charge in [-0.25, -0.2) is 4.98 Å². The first-order chi connectivity index (χ1) is 7.66. The molecule has 4 heteroatoms. The molecule has 0 spiro atoms. The predicted octanol–water partition coefficient (Wildman–Crippen LogP) is -1.33. The number of hydrogen-bond acceptors (Lipinski definition) is 2. The molecule has 2 rings (SSSR count). The number of aliphatic hydroxyl groups is 1. The number of aromatic amines is 1. The molecule has 1 unspecified atom stereocenters. The van der Waals surface area contributed by atoms with Crippen LogP contribution in [0.3, 0.4) is 0 Å². The van der Waals surface area contributed by atoms with Crippen molar-refractivity contribution < 1.29 is 27.3 Å². The summed E-state index contributed by atoms with van der Waals surface area (Å²) in [7, 11) is 0. The van der Waals surface area contributed by atoms with Gasteiger partial charge in [-0.3, -0.25) is 4.79 Å². The van der Waals surface area contributed by atoms with Crippen LogP contribution in [0.2, 0.25) is 0 Å². The minimum Gasteiger partial charge on any atom is -1.00 e. The fraction of sp³-hybridized carbons (Fsp3) is 0.231. The van der Waals surface area contributed by atoms with Crippen LogP contribution in [-0.2, 0) is 4.79 Å². The van der Waals surface area contributed by atoms with Crippen molar-refractivity contribution in [1.29, 1.82) is 0 Å². The molecular formula is C13H14ClNO2. The number of halogens is 1. The number of pyridine rings is 1. The van der Waals surface area contributed by atoms with Gasteiger partial charge in [0.15, 0.2) is 0 Å². The smallest absolute Gasteiger partial charge is 0.211 e. The van der Waals surface area contributed by atoms with Crippen molar-refractivity contribution in [2.24, 2.45) is 0 Å². The summed E-state index contributed by atoms with van der Waals surface area (Å²) in [5.74, 6) is -0.0194. The third-order valence-electron chi connectivity index (χ3n) is 2.52. The largest absolute Gasteiger partial charge is 1.00 e. The lowest BCUT2D eigenvalue weighted by Gasteiger charge is -2.03. The Labute approximate surface area is 106 Å². The van der Waals surface area contributed by atoms with Crippen LogP contribution in [0.5, 0.6) is 0 Å². The third-order valence-corrected chi connectivity index (χ3v) is 2.52. The first-order valence-electron chi connectivity index (χ1n) is 5.25. The zero-order valence-corrected chi connectivity index (χ0v) is 10.2. The quantitative estimate of drug-likeness (QED) is 0.735. The molecule has 0 saturated heterocycles. The SMILES string of the molecule is CC(=O)CC(O)c1ccc2ccccc2[nH+]1.[Cl-]. The van der Waals surface area contributed by atoms with Gasteiger partial charge in [0.05, 0.1) is 0 Å². The van der Waals surface area contributed by atoms with E-state index >= 15 is 0 Å². The van der Waals surface area contributed by atoms with Gasteiger partial charge in [0.1, 0.15) is 11.9 Å².